The fourth-order valence-corrected chi connectivity index (χ4v) is 5.19. The SMILES string of the molecule is CC(C)NC[C@@H](C(=O)N1CCN(c2ncnc3c2[C@H](C)C[C@H]3O)CC1)c1cc(C(F)(F)F)cc(C(F)(F)F)c1. The number of piperazine rings is 1. The number of aromatic nitrogens is 2. The number of aliphatic hydroxyl groups excluding tert-OH is 1. The Morgan fingerprint density at radius 2 is 1.62 bits per heavy atom. The molecule has 4 rings (SSSR count). The van der Waals surface area contributed by atoms with Crippen molar-refractivity contribution in [2.24, 2.45) is 0 Å². The molecule has 1 aromatic carbocycles. The predicted octanol–water partition coefficient (Wildman–Crippen LogP) is 4.49. The van der Waals surface area contributed by atoms with Crippen LogP contribution in [0.4, 0.5) is 32.2 Å². The van der Waals surface area contributed by atoms with Gasteiger partial charge in [-0.1, -0.05) is 20.8 Å². The van der Waals surface area contributed by atoms with Gasteiger partial charge in [-0.3, -0.25) is 4.79 Å². The molecule has 0 radical (unpaired) electrons. The lowest BCUT2D eigenvalue weighted by atomic mass is 9.92. The maximum absolute atomic E-state index is 13.6. The molecule has 2 heterocycles. The molecule has 1 aromatic heterocycles. The van der Waals surface area contributed by atoms with E-state index in [0.29, 0.717) is 43.2 Å². The molecule has 0 spiro atoms. The van der Waals surface area contributed by atoms with Gasteiger partial charge in [0, 0.05) is 44.3 Å². The minimum atomic E-state index is -5.01. The smallest absolute Gasteiger partial charge is 0.387 e. The Balaban J connectivity index is 1.59. The second-order valence-electron chi connectivity index (χ2n) is 10.4. The van der Waals surface area contributed by atoms with Crippen LogP contribution in [0.1, 0.15) is 73.1 Å². The number of aliphatic hydroxyl groups is 1. The third-order valence-electron chi connectivity index (χ3n) is 7.21. The summed E-state index contributed by atoms with van der Waals surface area (Å²) in [6, 6.07) is 1.18. The van der Waals surface area contributed by atoms with Crippen molar-refractivity contribution < 1.29 is 36.2 Å². The summed E-state index contributed by atoms with van der Waals surface area (Å²) in [5.41, 5.74) is -1.81. The zero-order chi connectivity index (χ0) is 28.7. The standard InChI is InChI=1S/C26H31F6N5O2/c1-14(2)33-12-19(16-9-17(25(27,28)29)11-18(10-16)26(30,31)32)24(39)37-6-4-36(5-7-37)23-21-15(3)8-20(38)22(21)34-13-35-23/h9-11,13-15,19-20,33,38H,4-8,12H2,1-3H3/t15-,19-,20-/m1/s1. The molecule has 7 nitrogen and oxygen atoms in total. The van der Waals surface area contributed by atoms with Gasteiger partial charge >= 0.3 is 12.4 Å². The van der Waals surface area contributed by atoms with Crippen LogP contribution in [0.15, 0.2) is 24.5 Å². The molecule has 1 aliphatic carbocycles. The van der Waals surface area contributed by atoms with Crippen molar-refractivity contribution in [3.63, 3.8) is 0 Å². The first-order valence-electron chi connectivity index (χ1n) is 12.8. The largest absolute Gasteiger partial charge is 0.416 e. The number of nitrogens with zero attached hydrogens (tertiary/aromatic N) is 4. The zero-order valence-corrected chi connectivity index (χ0v) is 21.8. The van der Waals surface area contributed by atoms with E-state index >= 15 is 0 Å². The average Bonchev–Trinajstić information content (AvgIpc) is 3.16. The maximum Gasteiger partial charge on any atom is 0.416 e. The third-order valence-corrected chi connectivity index (χ3v) is 7.21. The summed E-state index contributed by atoms with van der Waals surface area (Å²) >= 11 is 0. The van der Waals surface area contributed by atoms with E-state index in [1.807, 2.05) is 11.8 Å². The van der Waals surface area contributed by atoms with E-state index in [4.69, 9.17) is 0 Å². The number of nitrogens with one attached hydrogen (secondary N) is 1. The molecule has 1 amide bonds. The van der Waals surface area contributed by atoms with E-state index in [-0.39, 0.29) is 43.2 Å². The van der Waals surface area contributed by atoms with Crippen LogP contribution >= 0.6 is 0 Å². The van der Waals surface area contributed by atoms with Gasteiger partial charge in [0.2, 0.25) is 5.91 Å². The van der Waals surface area contributed by atoms with Crippen molar-refractivity contribution in [1.82, 2.24) is 20.2 Å². The Labute approximate surface area is 222 Å². The fraction of sp³-hybridized carbons (Fsp3) is 0.577. The molecule has 214 valence electrons. The first-order valence-corrected chi connectivity index (χ1v) is 12.8. The van der Waals surface area contributed by atoms with E-state index in [9.17, 15) is 36.2 Å². The lowest BCUT2D eigenvalue weighted by molar-refractivity contribution is -0.143. The van der Waals surface area contributed by atoms with Crippen LogP contribution in [0.25, 0.3) is 0 Å². The number of anilines is 1. The van der Waals surface area contributed by atoms with Gasteiger partial charge in [0.05, 0.1) is 28.8 Å². The van der Waals surface area contributed by atoms with Crippen LogP contribution in [0.5, 0.6) is 0 Å². The summed E-state index contributed by atoms with van der Waals surface area (Å²) in [6.45, 7) is 6.52. The zero-order valence-electron chi connectivity index (χ0n) is 21.8. The Kier molecular flexibility index (Phi) is 8.13. The van der Waals surface area contributed by atoms with Crippen LogP contribution in [-0.4, -0.2) is 64.6 Å². The van der Waals surface area contributed by atoms with Gasteiger partial charge in [-0.15, -0.1) is 0 Å². The number of carbonyl (C=O) groups excluding carboxylic acids is 1. The van der Waals surface area contributed by atoms with Crippen molar-refractivity contribution in [2.45, 2.75) is 63.5 Å². The van der Waals surface area contributed by atoms with Crippen molar-refractivity contribution in [3.05, 3.63) is 52.5 Å². The first kappa shape index (κ1) is 29.1. The predicted molar refractivity (Wildman–Crippen MR) is 131 cm³/mol. The molecule has 2 N–H and O–H groups in total. The highest BCUT2D eigenvalue weighted by molar-refractivity contribution is 5.84. The summed E-state index contributed by atoms with van der Waals surface area (Å²) in [5, 5.41) is 13.3. The number of amides is 1. The van der Waals surface area contributed by atoms with Crippen LogP contribution in [0.2, 0.25) is 0 Å². The van der Waals surface area contributed by atoms with Crippen LogP contribution in [0.3, 0.4) is 0 Å². The Morgan fingerprint density at radius 3 is 2.15 bits per heavy atom. The number of halogens is 6. The van der Waals surface area contributed by atoms with Crippen molar-refractivity contribution in [1.29, 1.82) is 0 Å². The lowest BCUT2D eigenvalue weighted by Crippen LogP contribution is -2.51. The van der Waals surface area contributed by atoms with Gasteiger partial charge in [0.25, 0.3) is 0 Å². The second kappa shape index (κ2) is 10.9. The maximum atomic E-state index is 13.6. The molecular formula is C26H31F6N5O2. The van der Waals surface area contributed by atoms with Gasteiger partial charge < -0.3 is 20.2 Å². The van der Waals surface area contributed by atoms with Crippen LogP contribution in [-0.2, 0) is 17.1 Å². The van der Waals surface area contributed by atoms with E-state index in [2.05, 4.69) is 15.3 Å². The minimum Gasteiger partial charge on any atom is -0.387 e. The van der Waals surface area contributed by atoms with Crippen molar-refractivity contribution >= 4 is 11.7 Å². The summed E-state index contributed by atoms with van der Waals surface area (Å²) < 4.78 is 81.1. The molecule has 1 fully saturated rings. The number of carbonyl (C=O) groups is 1. The monoisotopic (exact) mass is 559 g/mol. The number of rotatable bonds is 6. The van der Waals surface area contributed by atoms with E-state index in [0.717, 1.165) is 5.56 Å². The highest BCUT2D eigenvalue weighted by Crippen LogP contribution is 2.43. The number of hydrogen-bond donors (Lipinski definition) is 2. The fourth-order valence-electron chi connectivity index (χ4n) is 5.19. The van der Waals surface area contributed by atoms with Gasteiger partial charge in [0.15, 0.2) is 0 Å². The van der Waals surface area contributed by atoms with Crippen LogP contribution in [0, 0.1) is 0 Å². The number of fused-ring (bicyclic) bond motifs is 1. The molecule has 0 bridgehead atoms. The van der Waals surface area contributed by atoms with E-state index in [1.54, 1.807) is 13.8 Å². The Bertz CT molecular complexity index is 1160. The Morgan fingerprint density at radius 1 is 1.03 bits per heavy atom. The van der Waals surface area contributed by atoms with E-state index in [1.165, 1.54) is 11.2 Å². The van der Waals surface area contributed by atoms with Crippen molar-refractivity contribution in [3.8, 4) is 0 Å². The molecule has 39 heavy (non-hydrogen) atoms. The van der Waals surface area contributed by atoms with Gasteiger partial charge in [-0.2, -0.15) is 26.3 Å². The molecule has 2 aliphatic rings. The second-order valence-corrected chi connectivity index (χ2v) is 10.4. The van der Waals surface area contributed by atoms with Crippen LogP contribution < -0.4 is 10.2 Å². The lowest BCUT2D eigenvalue weighted by Gasteiger charge is -2.38. The molecule has 3 atom stereocenters. The van der Waals surface area contributed by atoms with Gasteiger partial charge in [-0.25, -0.2) is 9.97 Å². The normalized spacial score (nSPS) is 20.9. The molecule has 1 saturated heterocycles. The van der Waals surface area contributed by atoms with E-state index < -0.39 is 41.4 Å². The van der Waals surface area contributed by atoms with Gasteiger partial charge in [-0.05, 0) is 36.1 Å². The molecule has 1 aliphatic heterocycles. The third kappa shape index (κ3) is 6.29. The quantitative estimate of drug-likeness (QED) is 0.508. The highest BCUT2D eigenvalue weighted by Gasteiger charge is 2.39. The number of benzene rings is 1. The summed E-state index contributed by atoms with van der Waals surface area (Å²) in [6.07, 6.45) is -8.79. The Hall–Kier alpha value is -2.93. The molecule has 0 unspecified atom stereocenters. The van der Waals surface area contributed by atoms with Gasteiger partial charge in [0.1, 0.15) is 12.1 Å². The number of hydrogen-bond acceptors (Lipinski definition) is 6. The number of alkyl halides is 6. The minimum absolute atomic E-state index is 0.0427. The average molecular weight is 560 g/mol. The summed E-state index contributed by atoms with van der Waals surface area (Å²) in [7, 11) is 0. The summed E-state index contributed by atoms with van der Waals surface area (Å²) in [5.74, 6) is -1.09. The molecule has 0 saturated carbocycles. The first-order chi connectivity index (χ1) is 18.2. The van der Waals surface area contributed by atoms with Crippen molar-refractivity contribution in [2.75, 3.05) is 37.6 Å². The molecular weight excluding hydrogens is 528 g/mol. The molecule has 2 aromatic rings. The highest BCUT2D eigenvalue weighted by atomic mass is 19.4. The summed E-state index contributed by atoms with van der Waals surface area (Å²) in [4.78, 5) is 25.7. The topological polar surface area (TPSA) is 81.6 Å². The molecule has 13 heteroatoms.